The molecule has 1 rings (SSSR count). The maximum Gasteiger partial charge on any atom is 0.133 e. The summed E-state index contributed by atoms with van der Waals surface area (Å²) in [6.45, 7) is 0.857. The van der Waals surface area contributed by atoms with E-state index in [4.69, 9.17) is 10.5 Å². The third-order valence-electron chi connectivity index (χ3n) is 2.83. The first-order valence-electron chi connectivity index (χ1n) is 5.87. The Balaban J connectivity index is 2.71. The van der Waals surface area contributed by atoms with Crippen LogP contribution < -0.4 is 10.5 Å². The smallest absolute Gasteiger partial charge is 0.133 e. The number of aliphatic hydroxyl groups excluding tert-OH is 1. The van der Waals surface area contributed by atoms with Crippen LogP contribution in [0.3, 0.4) is 0 Å². The summed E-state index contributed by atoms with van der Waals surface area (Å²) in [5.41, 5.74) is 6.79. The van der Waals surface area contributed by atoms with E-state index in [1.165, 1.54) is 0 Å². The quantitative estimate of drug-likeness (QED) is 0.839. The molecule has 0 aliphatic rings. The van der Waals surface area contributed by atoms with Crippen LogP contribution in [0.5, 0.6) is 5.75 Å². The van der Waals surface area contributed by atoms with E-state index in [0.29, 0.717) is 0 Å². The molecule has 102 valence electrons. The second kappa shape index (κ2) is 7.09. The maximum absolute atomic E-state index is 10.2. The molecule has 4 nitrogen and oxygen atoms in total. The fourth-order valence-electron chi connectivity index (χ4n) is 1.68. The molecular formula is C13H21BrN2O2. The van der Waals surface area contributed by atoms with Crippen LogP contribution in [-0.2, 0) is 0 Å². The van der Waals surface area contributed by atoms with E-state index in [0.717, 1.165) is 28.8 Å². The van der Waals surface area contributed by atoms with Crippen LogP contribution in [0, 0.1) is 0 Å². The van der Waals surface area contributed by atoms with Crippen LogP contribution >= 0.6 is 15.9 Å². The topological polar surface area (TPSA) is 58.7 Å². The molecule has 0 aliphatic heterocycles. The van der Waals surface area contributed by atoms with Crippen molar-refractivity contribution in [3.05, 3.63) is 28.2 Å². The van der Waals surface area contributed by atoms with Crippen molar-refractivity contribution >= 4 is 15.9 Å². The van der Waals surface area contributed by atoms with Gasteiger partial charge in [0.1, 0.15) is 5.75 Å². The fraction of sp³-hybridized carbons (Fsp3) is 0.538. The number of halogens is 1. The van der Waals surface area contributed by atoms with Gasteiger partial charge in [-0.05, 0) is 60.7 Å². The van der Waals surface area contributed by atoms with Crippen molar-refractivity contribution in [1.82, 2.24) is 4.90 Å². The number of ether oxygens (including phenoxy) is 1. The molecule has 0 bridgehead atoms. The molecule has 0 spiro atoms. The third-order valence-corrected chi connectivity index (χ3v) is 3.45. The van der Waals surface area contributed by atoms with E-state index < -0.39 is 6.10 Å². The van der Waals surface area contributed by atoms with Gasteiger partial charge in [-0.25, -0.2) is 0 Å². The zero-order valence-electron chi connectivity index (χ0n) is 11.1. The average Bonchev–Trinajstić information content (AvgIpc) is 2.34. The van der Waals surface area contributed by atoms with Crippen molar-refractivity contribution < 1.29 is 9.84 Å². The minimum Gasteiger partial charge on any atom is -0.496 e. The molecule has 0 saturated heterocycles. The van der Waals surface area contributed by atoms with Gasteiger partial charge in [0.15, 0.2) is 0 Å². The van der Waals surface area contributed by atoms with Gasteiger partial charge in [-0.1, -0.05) is 6.07 Å². The highest BCUT2D eigenvalue weighted by molar-refractivity contribution is 9.10. The van der Waals surface area contributed by atoms with E-state index in [1.54, 1.807) is 7.11 Å². The lowest BCUT2D eigenvalue weighted by Gasteiger charge is -2.21. The Bertz CT molecular complexity index is 385. The summed E-state index contributed by atoms with van der Waals surface area (Å²) in [5.74, 6) is 0.743. The van der Waals surface area contributed by atoms with Gasteiger partial charge in [-0.3, -0.25) is 0 Å². The van der Waals surface area contributed by atoms with Crippen LogP contribution in [-0.4, -0.2) is 43.8 Å². The molecular weight excluding hydrogens is 296 g/mol. The zero-order valence-corrected chi connectivity index (χ0v) is 12.6. The first kappa shape index (κ1) is 15.4. The van der Waals surface area contributed by atoms with Crippen molar-refractivity contribution in [2.45, 2.75) is 18.6 Å². The molecule has 1 aromatic carbocycles. The van der Waals surface area contributed by atoms with E-state index in [9.17, 15) is 5.11 Å². The first-order valence-corrected chi connectivity index (χ1v) is 6.66. The van der Waals surface area contributed by atoms with Crippen LogP contribution in [0.2, 0.25) is 0 Å². The fourth-order valence-corrected chi connectivity index (χ4v) is 2.24. The number of benzene rings is 1. The molecule has 0 amide bonds. The summed E-state index contributed by atoms with van der Waals surface area (Å²) >= 11 is 3.40. The van der Waals surface area contributed by atoms with E-state index in [1.807, 2.05) is 32.3 Å². The number of hydrogen-bond acceptors (Lipinski definition) is 4. The number of hydrogen-bond donors (Lipinski definition) is 2. The van der Waals surface area contributed by atoms with Gasteiger partial charge < -0.3 is 20.5 Å². The average molecular weight is 317 g/mol. The molecule has 0 aromatic heterocycles. The second-order valence-electron chi connectivity index (χ2n) is 4.59. The van der Waals surface area contributed by atoms with Crippen molar-refractivity contribution in [3.8, 4) is 5.75 Å². The molecule has 1 aromatic rings. The number of rotatable bonds is 6. The number of nitrogens with two attached hydrogens (primary N) is 1. The number of nitrogens with zero attached hydrogens (tertiary/aromatic N) is 1. The van der Waals surface area contributed by atoms with E-state index in [-0.39, 0.29) is 6.04 Å². The molecule has 0 aliphatic carbocycles. The number of methoxy groups -OCH3 is 1. The largest absolute Gasteiger partial charge is 0.496 e. The molecule has 0 saturated carbocycles. The van der Waals surface area contributed by atoms with Gasteiger partial charge in [0.25, 0.3) is 0 Å². The van der Waals surface area contributed by atoms with Gasteiger partial charge in [0.05, 0.1) is 17.7 Å². The van der Waals surface area contributed by atoms with Gasteiger partial charge in [-0.15, -0.1) is 0 Å². The summed E-state index contributed by atoms with van der Waals surface area (Å²) in [6, 6.07) is 5.23. The standard InChI is InChI=1S/C13H21BrN2O2/c1-16(2)7-6-11(15)13(17)9-4-5-12(18-3)10(14)8-9/h4-5,8,11,13,17H,6-7,15H2,1-3H3. The minimum atomic E-state index is -0.660. The Morgan fingerprint density at radius 3 is 2.61 bits per heavy atom. The Labute approximate surface area is 117 Å². The Hall–Kier alpha value is -0.620. The van der Waals surface area contributed by atoms with Gasteiger partial charge in [0, 0.05) is 6.04 Å². The lowest BCUT2D eigenvalue weighted by atomic mass is 10.0. The lowest BCUT2D eigenvalue weighted by Crippen LogP contribution is -2.32. The van der Waals surface area contributed by atoms with Gasteiger partial charge >= 0.3 is 0 Å². The SMILES string of the molecule is COc1ccc(C(O)C(N)CCN(C)C)cc1Br. The van der Waals surface area contributed by atoms with Crippen LogP contribution in [0.1, 0.15) is 18.1 Å². The van der Waals surface area contributed by atoms with Crippen LogP contribution in [0.25, 0.3) is 0 Å². The zero-order chi connectivity index (χ0) is 13.7. The normalized spacial score (nSPS) is 14.6. The molecule has 2 unspecified atom stereocenters. The molecule has 2 atom stereocenters. The summed E-state index contributed by atoms with van der Waals surface area (Å²) < 4.78 is 5.97. The van der Waals surface area contributed by atoms with Crippen molar-refractivity contribution in [1.29, 1.82) is 0 Å². The lowest BCUT2D eigenvalue weighted by molar-refractivity contribution is 0.137. The predicted octanol–water partition coefficient (Wildman–Crippen LogP) is 1.77. The van der Waals surface area contributed by atoms with E-state index in [2.05, 4.69) is 20.8 Å². The third kappa shape index (κ3) is 4.24. The highest BCUT2D eigenvalue weighted by Crippen LogP contribution is 2.29. The van der Waals surface area contributed by atoms with Crippen molar-refractivity contribution in [2.24, 2.45) is 5.73 Å². The molecule has 18 heavy (non-hydrogen) atoms. The summed E-state index contributed by atoms with van der Waals surface area (Å²) in [7, 11) is 5.59. The summed E-state index contributed by atoms with van der Waals surface area (Å²) in [6.07, 6.45) is 0.0878. The van der Waals surface area contributed by atoms with Crippen LogP contribution in [0.4, 0.5) is 0 Å². The molecule has 0 radical (unpaired) electrons. The van der Waals surface area contributed by atoms with Crippen molar-refractivity contribution in [2.75, 3.05) is 27.7 Å². The summed E-state index contributed by atoms with van der Waals surface area (Å²) in [5, 5.41) is 10.2. The predicted molar refractivity (Wildman–Crippen MR) is 76.8 cm³/mol. The molecule has 0 heterocycles. The van der Waals surface area contributed by atoms with Gasteiger partial charge in [-0.2, -0.15) is 0 Å². The highest BCUT2D eigenvalue weighted by Gasteiger charge is 2.18. The first-order chi connectivity index (χ1) is 8.45. The van der Waals surface area contributed by atoms with Gasteiger partial charge in [0.2, 0.25) is 0 Å². The second-order valence-corrected chi connectivity index (χ2v) is 5.45. The highest BCUT2D eigenvalue weighted by atomic mass is 79.9. The molecule has 5 heteroatoms. The maximum atomic E-state index is 10.2. The molecule has 0 fully saturated rings. The Kier molecular flexibility index (Phi) is 6.08. The molecule has 3 N–H and O–H groups in total. The Morgan fingerprint density at radius 1 is 1.44 bits per heavy atom. The number of aliphatic hydroxyl groups is 1. The minimum absolute atomic E-state index is 0.271. The monoisotopic (exact) mass is 316 g/mol. The van der Waals surface area contributed by atoms with Crippen LogP contribution in [0.15, 0.2) is 22.7 Å². The summed E-state index contributed by atoms with van der Waals surface area (Å²) in [4.78, 5) is 2.05. The van der Waals surface area contributed by atoms with Crippen molar-refractivity contribution in [3.63, 3.8) is 0 Å². The Morgan fingerprint density at radius 2 is 2.11 bits per heavy atom. The van der Waals surface area contributed by atoms with E-state index >= 15 is 0 Å².